The van der Waals surface area contributed by atoms with Crippen LogP contribution in [0.2, 0.25) is 0 Å². The number of aromatic nitrogens is 2. The van der Waals surface area contributed by atoms with E-state index in [1.165, 1.54) is 25.7 Å². The van der Waals surface area contributed by atoms with E-state index in [4.69, 9.17) is 4.98 Å². The monoisotopic (exact) mass is 276 g/mol. The van der Waals surface area contributed by atoms with Crippen LogP contribution in [0.15, 0.2) is 12.4 Å². The fraction of sp³-hybridized carbons (Fsp3) is 0.750. The van der Waals surface area contributed by atoms with Gasteiger partial charge in [-0.3, -0.25) is 4.98 Å². The van der Waals surface area contributed by atoms with Crippen molar-refractivity contribution < 1.29 is 0 Å². The summed E-state index contributed by atoms with van der Waals surface area (Å²) in [5.74, 6) is 1.94. The topological polar surface area (TPSA) is 41.1 Å². The molecule has 0 radical (unpaired) electrons. The fourth-order valence-corrected chi connectivity index (χ4v) is 2.83. The van der Waals surface area contributed by atoms with Gasteiger partial charge in [0.15, 0.2) is 0 Å². The van der Waals surface area contributed by atoms with Crippen LogP contribution in [0.1, 0.15) is 51.6 Å². The van der Waals surface area contributed by atoms with Crippen LogP contribution in [0.4, 0.5) is 5.82 Å². The van der Waals surface area contributed by atoms with Gasteiger partial charge in [0.25, 0.3) is 0 Å². The Morgan fingerprint density at radius 3 is 2.95 bits per heavy atom. The minimum atomic E-state index is 0.820. The van der Waals surface area contributed by atoms with Gasteiger partial charge in [0.05, 0.1) is 11.9 Å². The van der Waals surface area contributed by atoms with Crippen molar-refractivity contribution in [3.63, 3.8) is 0 Å². The molecule has 0 saturated carbocycles. The molecule has 0 spiro atoms. The molecule has 1 aromatic heterocycles. The largest absolute Gasteiger partial charge is 0.355 e. The number of rotatable bonds is 6. The van der Waals surface area contributed by atoms with Crippen molar-refractivity contribution in [1.29, 1.82) is 0 Å². The highest BCUT2D eigenvalue weighted by Crippen LogP contribution is 2.23. The maximum absolute atomic E-state index is 4.76. The van der Waals surface area contributed by atoms with E-state index in [2.05, 4.69) is 29.0 Å². The van der Waals surface area contributed by atoms with Gasteiger partial charge in [0.2, 0.25) is 0 Å². The Hall–Kier alpha value is -1.16. The van der Waals surface area contributed by atoms with Crippen LogP contribution in [0.3, 0.4) is 0 Å². The molecule has 2 heterocycles. The zero-order valence-electron chi connectivity index (χ0n) is 12.9. The van der Waals surface area contributed by atoms with E-state index < -0.39 is 0 Å². The van der Waals surface area contributed by atoms with Gasteiger partial charge in [-0.05, 0) is 38.1 Å². The molecule has 1 saturated heterocycles. The van der Waals surface area contributed by atoms with Crippen molar-refractivity contribution in [2.45, 2.75) is 52.5 Å². The van der Waals surface area contributed by atoms with E-state index in [1.807, 2.05) is 12.4 Å². The summed E-state index contributed by atoms with van der Waals surface area (Å²) in [7, 11) is 0. The molecule has 1 aliphatic rings. The molecule has 1 aromatic rings. The van der Waals surface area contributed by atoms with Crippen LogP contribution in [0.25, 0.3) is 0 Å². The van der Waals surface area contributed by atoms with Gasteiger partial charge in [-0.2, -0.15) is 0 Å². The Balaban J connectivity index is 1.95. The van der Waals surface area contributed by atoms with E-state index in [0.717, 1.165) is 50.0 Å². The molecular weight excluding hydrogens is 248 g/mol. The van der Waals surface area contributed by atoms with Crippen LogP contribution in [0, 0.1) is 5.92 Å². The molecule has 2 rings (SSSR count). The average molecular weight is 276 g/mol. The molecule has 0 bridgehead atoms. The lowest BCUT2D eigenvalue weighted by molar-refractivity contribution is 0.459. The molecule has 20 heavy (non-hydrogen) atoms. The number of anilines is 1. The SMILES string of the molecule is CCCNCc1cncc(N2CCCC(CC)CC2)n1. The molecule has 4 heteroatoms. The van der Waals surface area contributed by atoms with Gasteiger partial charge >= 0.3 is 0 Å². The Kier molecular flexibility index (Phi) is 6.25. The standard InChI is InChI=1S/C16H28N4/c1-3-8-17-11-15-12-18-13-16(19-15)20-9-5-6-14(4-2)7-10-20/h12-14,17H,3-11H2,1-2H3. The highest BCUT2D eigenvalue weighted by atomic mass is 15.2. The highest BCUT2D eigenvalue weighted by molar-refractivity contribution is 5.36. The first-order chi connectivity index (χ1) is 9.83. The quantitative estimate of drug-likeness (QED) is 0.811. The molecular formula is C16H28N4. The zero-order valence-corrected chi connectivity index (χ0v) is 12.9. The van der Waals surface area contributed by atoms with Gasteiger partial charge in [0.1, 0.15) is 5.82 Å². The number of nitrogens with zero attached hydrogens (tertiary/aromatic N) is 3. The predicted molar refractivity (Wildman–Crippen MR) is 83.9 cm³/mol. The minimum absolute atomic E-state index is 0.820. The lowest BCUT2D eigenvalue weighted by Crippen LogP contribution is -2.26. The van der Waals surface area contributed by atoms with Crippen molar-refractivity contribution in [2.24, 2.45) is 5.92 Å². The van der Waals surface area contributed by atoms with Crippen LogP contribution in [-0.2, 0) is 6.54 Å². The molecule has 1 aliphatic heterocycles. The first-order valence-corrected chi connectivity index (χ1v) is 8.10. The highest BCUT2D eigenvalue weighted by Gasteiger charge is 2.17. The Bertz CT molecular complexity index is 394. The number of hydrogen-bond acceptors (Lipinski definition) is 4. The smallest absolute Gasteiger partial charge is 0.147 e. The van der Waals surface area contributed by atoms with E-state index in [9.17, 15) is 0 Å². The fourth-order valence-electron chi connectivity index (χ4n) is 2.83. The summed E-state index contributed by atoms with van der Waals surface area (Å²) in [5, 5.41) is 3.39. The average Bonchev–Trinajstić information content (AvgIpc) is 2.73. The lowest BCUT2D eigenvalue weighted by Gasteiger charge is -2.21. The molecule has 1 fully saturated rings. The molecule has 0 aromatic carbocycles. The van der Waals surface area contributed by atoms with Crippen LogP contribution >= 0.6 is 0 Å². The number of hydrogen-bond donors (Lipinski definition) is 1. The Morgan fingerprint density at radius 2 is 2.15 bits per heavy atom. The van der Waals surface area contributed by atoms with E-state index in [-0.39, 0.29) is 0 Å². The minimum Gasteiger partial charge on any atom is -0.355 e. The van der Waals surface area contributed by atoms with E-state index in [1.54, 1.807) is 0 Å². The first-order valence-electron chi connectivity index (χ1n) is 8.10. The summed E-state index contributed by atoms with van der Waals surface area (Å²) in [6.45, 7) is 8.58. The van der Waals surface area contributed by atoms with Crippen LogP contribution < -0.4 is 10.2 Å². The summed E-state index contributed by atoms with van der Waals surface area (Å²) < 4.78 is 0. The van der Waals surface area contributed by atoms with E-state index >= 15 is 0 Å². The molecule has 1 unspecified atom stereocenters. The summed E-state index contributed by atoms with van der Waals surface area (Å²) in [6, 6.07) is 0. The van der Waals surface area contributed by atoms with Crippen LogP contribution in [-0.4, -0.2) is 29.6 Å². The second-order valence-corrected chi connectivity index (χ2v) is 5.74. The second-order valence-electron chi connectivity index (χ2n) is 5.74. The predicted octanol–water partition coefficient (Wildman–Crippen LogP) is 2.99. The third kappa shape index (κ3) is 4.44. The molecule has 0 aliphatic carbocycles. The van der Waals surface area contributed by atoms with Gasteiger partial charge in [-0.1, -0.05) is 20.3 Å². The zero-order chi connectivity index (χ0) is 14.2. The Labute approximate surface area is 123 Å². The van der Waals surface area contributed by atoms with Crippen LogP contribution in [0.5, 0.6) is 0 Å². The van der Waals surface area contributed by atoms with Crippen molar-refractivity contribution in [1.82, 2.24) is 15.3 Å². The number of nitrogens with one attached hydrogen (secondary N) is 1. The van der Waals surface area contributed by atoms with Crippen molar-refractivity contribution in [2.75, 3.05) is 24.5 Å². The van der Waals surface area contributed by atoms with Gasteiger partial charge in [0, 0.05) is 25.8 Å². The first kappa shape index (κ1) is 15.2. The molecule has 1 N–H and O–H groups in total. The summed E-state index contributed by atoms with van der Waals surface area (Å²) >= 11 is 0. The maximum Gasteiger partial charge on any atom is 0.147 e. The van der Waals surface area contributed by atoms with Gasteiger partial charge in [-0.25, -0.2) is 4.98 Å². The third-order valence-corrected chi connectivity index (χ3v) is 4.15. The molecule has 0 amide bonds. The second kappa shape index (κ2) is 8.20. The van der Waals surface area contributed by atoms with Gasteiger partial charge < -0.3 is 10.2 Å². The van der Waals surface area contributed by atoms with Crippen molar-refractivity contribution in [3.05, 3.63) is 18.1 Å². The van der Waals surface area contributed by atoms with E-state index in [0.29, 0.717) is 0 Å². The van der Waals surface area contributed by atoms with Crippen molar-refractivity contribution >= 4 is 5.82 Å². The van der Waals surface area contributed by atoms with Crippen molar-refractivity contribution in [3.8, 4) is 0 Å². The third-order valence-electron chi connectivity index (χ3n) is 4.15. The summed E-state index contributed by atoms with van der Waals surface area (Å²) in [6.07, 6.45) is 10.2. The normalized spacial score (nSPS) is 19.9. The summed E-state index contributed by atoms with van der Waals surface area (Å²) in [5.41, 5.74) is 1.05. The maximum atomic E-state index is 4.76. The molecule has 112 valence electrons. The Morgan fingerprint density at radius 1 is 1.25 bits per heavy atom. The molecule has 1 atom stereocenters. The summed E-state index contributed by atoms with van der Waals surface area (Å²) in [4.78, 5) is 11.5. The van der Waals surface area contributed by atoms with Gasteiger partial charge in [-0.15, -0.1) is 0 Å². The molecule has 4 nitrogen and oxygen atoms in total. The lowest BCUT2D eigenvalue weighted by atomic mass is 9.98.